The van der Waals surface area contributed by atoms with Crippen molar-refractivity contribution in [2.24, 2.45) is 0 Å². The van der Waals surface area contributed by atoms with E-state index in [-0.39, 0.29) is 11.7 Å². The van der Waals surface area contributed by atoms with Gasteiger partial charge < -0.3 is 10.1 Å². The summed E-state index contributed by atoms with van der Waals surface area (Å²) < 4.78 is 5.57. The molecule has 0 saturated heterocycles. The molecular formula is C19H21NO3. The van der Waals surface area contributed by atoms with Crippen molar-refractivity contribution in [2.75, 3.05) is 11.9 Å². The summed E-state index contributed by atoms with van der Waals surface area (Å²) in [5, 5.41) is 2.90. The van der Waals surface area contributed by atoms with Gasteiger partial charge in [0, 0.05) is 17.7 Å². The van der Waals surface area contributed by atoms with Gasteiger partial charge in [0.15, 0.2) is 5.78 Å². The Kier molecular flexibility index (Phi) is 5.92. The predicted octanol–water partition coefficient (Wildman–Crippen LogP) is 4.00. The summed E-state index contributed by atoms with van der Waals surface area (Å²) >= 11 is 0. The average Bonchev–Trinajstić information content (AvgIpc) is 2.54. The quantitative estimate of drug-likeness (QED) is 0.621. The van der Waals surface area contributed by atoms with Crippen LogP contribution in [0.3, 0.4) is 0 Å². The highest BCUT2D eigenvalue weighted by molar-refractivity contribution is 5.94. The zero-order valence-corrected chi connectivity index (χ0v) is 13.5. The maximum absolute atomic E-state index is 11.9. The molecule has 1 N–H and O–H groups in total. The van der Waals surface area contributed by atoms with E-state index >= 15 is 0 Å². The number of para-hydroxylation sites is 1. The van der Waals surface area contributed by atoms with Gasteiger partial charge in [-0.1, -0.05) is 18.2 Å². The first-order valence-electron chi connectivity index (χ1n) is 7.65. The lowest BCUT2D eigenvalue weighted by Gasteiger charge is -2.09. The van der Waals surface area contributed by atoms with Crippen LogP contribution in [-0.2, 0) is 4.79 Å². The van der Waals surface area contributed by atoms with Crippen LogP contribution in [0.5, 0.6) is 5.75 Å². The number of hydrogen-bond acceptors (Lipinski definition) is 3. The molecule has 0 spiro atoms. The number of Topliss-reactive ketones (excluding diaryl/α,β-unsaturated/α-hetero) is 1. The number of carbonyl (C=O) groups is 2. The van der Waals surface area contributed by atoms with Crippen LogP contribution in [0.15, 0.2) is 48.5 Å². The second-order valence-electron chi connectivity index (χ2n) is 5.40. The molecule has 2 aromatic rings. The Morgan fingerprint density at radius 3 is 2.39 bits per heavy atom. The Labute approximate surface area is 136 Å². The fraction of sp³-hybridized carbons (Fsp3) is 0.263. The largest absolute Gasteiger partial charge is 0.494 e. The molecule has 4 nitrogen and oxygen atoms in total. The van der Waals surface area contributed by atoms with Crippen molar-refractivity contribution in [3.63, 3.8) is 0 Å². The smallest absolute Gasteiger partial charge is 0.224 e. The van der Waals surface area contributed by atoms with E-state index < -0.39 is 0 Å². The van der Waals surface area contributed by atoms with E-state index in [1.165, 1.54) is 6.92 Å². The summed E-state index contributed by atoms with van der Waals surface area (Å²) in [6, 6.07) is 14.7. The molecule has 0 atom stereocenters. The number of nitrogens with one attached hydrogen (secondary N) is 1. The van der Waals surface area contributed by atoms with Crippen molar-refractivity contribution >= 4 is 17.4 Å². The average molecular weight is 311 g/mol. The van der Waals surface area contributed by atoms with Crippen LogP contribution in [-0.4, -0.2) is 18.3 Å². The summed E-state index contributed by atoms with van der Waals surface area (Å²) in [6.07, 6.45) is 1.03. The molecule has 0 bridgehead atoms. The van der Waals surface area contributed by atoms with Gasteiger partial charge in [-0.2, -0.15) is 0 Å². The van der Waals surface area contributed by atoms with Crippen molar-refractivity contribution in [1.82, 2.24) is 0 Å². The lowest BCUT2D eigenvalue weighted by molar-refractivity contribution is -0.116. The zero-order chi connectivity index (χ0) is 16.7. The summed E-state index contributed by atoms with van der Waals surface area (Å²) in [5.41, 5.74) is 2.55. The van der Waals surface area contributed by atoms with Gasteiger partial charge in [0.2, 0.25) is 5.91 Å². The number of anilines is 1. The minimum Gasteiger partial charge on any atom is -0.494 e. The monoisotopic (exact) mass is 311 g/mol. The summed E-state index contributed by atoms with van der Waals surface area (Å²) in [5.74, 6) is 0.716. The highest BCUT2D eigenvalue weighted by Gasteiger charge is 2.05. The molecule has 1 amide bonds. The topological polar surface area (TPSA) is 55.4 Å². The predicted molar refractivity (Wildman–Crippen MR) is 91.0 cm³/mol. The van der Waals surface area contributed by atoms with E-state index in [1.807, 2.05) is 31.2 Å². The molecule has 0 aliphatic heterocycles. The molecule has 0 aliphatic rings. The van der Waals surface area contributed by atoms with Crippen molar-refractivity contribution in [3.8, 4) is 5.75 Å². The molecule has 0 aliphatic carbocycles. The third-order valence-corrected chi connectivity index (χ3v) is 3.50. The van der Waals surface area contributed by atoms with E-state index in [0.29, 0.717) is 30.8 Å². The first-order valence-corrected chi connectivity index (χ1v) is 7.65. The van der Waals surface area contributed by atoms with Crippen LogP contribution in [0.25, 0.3) is 0 Å². The number of carbonyl (C=O) groups excluding carboxylic acids is 2. The van der Waals surface area contributed by atoms with E-state index in [0.717, 1.165) is 11.3 Å². The van der Waals surface area contributed by atoms with E-state index in [9.17, 15) is 9.59 Å². The van der Waals surface area contributed by atoms with Gasteiger partial charge in [0.25, 0.3) is 0 Å². The lowest BCUT2D eigenvalue weighted by Crippen LogP contribution is -2.13. The number of ketones is 1. The molecule has 0 radical (unpaired) electrons. The highest BCUT2D eigenvalue weighted by atomic mass is 16.5. The second kappa shape index (κ2) is 8.13. The number of aryl methyl sites for hydroxylation is 1. The number of rotatable bonds is 7. The van der Waals surface area contributed by atoms with Gasteiger partial charge in [-0.3, -0.25) is 9.59 Å². The zero-order valence-electron chi connectivity index (χ0n) is 13.5. The highest BCUT2D eigenvalue weighted by Crippen LogP contribution is 2.15. The lowest BCUT2D eigenvalue weighted by atomic mass is 10.1. The third-order valence-electron chi connectivity index (χ3n) is 3.50. The normalized spacial score (nSPS) is 10.2. The number of hydrogen-bond donors (Lipinski definition) is 1. The Hall–Kier alpha value is -2.62. The molecule has 0 saturated carbocycles. The first kappa shape index (κ1) is 16.7. The van der Waals surface area contributed by atoms with Crippen LogP contribution in [0.4, 0.5) is 5.69 Å². The SMILES string of the molecule is CC(=O)c1ccc(OCCCC(=O)Nc2ccccc2C)cc1. The minimum absolute atomic E-state index is 0.0187. The number of benzene rings is 2. The Balaban J connectivity index is 1.71. The molecule has 0 unspecified atom stereocenters. The molecule has 120 valence electrons. The van der Waals surface area contributed by atoms with Crippen LogP contribution >= 0.6 is 0 Å². The molecule has 4 heteroatoms. The van der Waals surface area contributed by atoms with E-state index in [4.69, 9.17) is 4.74 Å². The second-order valence-corrected chi connectivity index (χ2v) is 5.40. The third kappa shape index (κ3) is 5.25. The maximum Gasteiger partial charge on any atom is 0.224 e. The van der Waals surface area contributed by atoms with Crippen LogP contribution in [0.1, 0.15) is 35.7 Å². The van der Waals surface area contributed by atoms with Gasteiger partial charge in [-0.05, 0) is 56.2 Å². The summed E-state index contributed by atoms with van der Waals surface area (Å²) in [7, 11) is 0. The molecule has 0 fully saturated rings. The molecule has 0 heterocycles. The van der Waals surface area contributed by atoms with Gasteiger partial charge in [-0.25, -0.2) is 0 Å². The van der Waals surface area contributed by atoms with Crippen molar-refractivity contribution in [2.45, 2.75) is 26.7 Å². The minimum atomic E-state index is -0.0187. The maximum atomic E-state index is 11.9. The first-order chi connectivity index (χ1) is 11.1. The van der Waals surface area contributed by atoms with Crippen LogP contribution in [0.2, 0.25) is 0 Å². The Morgan fingerprint density at radius 1 is 1.04 bits per heavy atom. The van der Waals surface area contributed by atoms with Gasteiger partial charge in [-0.15, -0.1) is 0 Å². The number of ether oxygens (including phenoxy) is 1. The van der Waals surface area contributed by atoms with E-state index in [2.05, 4.69) is 5.32 Å². The molecule has 2 aromatic carbocycles. The van der Waals surface area contributed by atoms with Crippen molar-refractivity contribution < 1.29 is 14.3 Å². The van der Waals surface area contributed by atoms with E-state index in [1.54, 1.807) is 24.3 Å². The van der Waals surface area contributed by atoms with Gasteiger partial charge >= 0.3 is 0 Å². The van der Waals surface area contributed by atoms with Crippen LogP contribution < -0.4 is 10.1 Å². The molecule has 23 heavy (non-hydrogen) atoms. The summed E-state index contributed by atoms with van der Waals surface area (Å²) in [4.78, 5) is 23.1. The fourth-order valence-electron chi connectivity index (χ4n) is 2.13. The fourth-order valence-corrected chi connectivity index (χ4v) is 2.13. The standard InChI is InChI=1S/C19H21NO3/c1-14-6-3-4-7-18(14)20-19(22)8-5-13-23-17-11-9-16(10-12-17)15(2)21/h3-4,6-7,9-12H,5,8,13H2,1-2H3,(H,20,22). The molecule has 0 aromatic heterocycles. The van der Waals surface area contributed by atoms with Gasteiger partial charge in [0.05, 0.1) is 6.61 Å². The summed E-state index contributed by atoms with van der Waals surface area (Å²) in [6.45, 7) is 3.95. The Morgan fingerprint density at radius 2 is 1.74 bits per heavy atom. The van der Waals surface area contributed by atoms with Gasteiger partial charge in [0.1, 0.15) is 5.75 Å². The Bertz CT molecular complexity index is 677. The van der Waals surface area contributed by atoms with Crippen LogP contribution in [0, 0.1) is 6.92 Å². The number of amides is 1. The molecular weight excluding hydrogens is 290 g/mol. The van der Waals surface area contributed by atoms with Crippen molar-refractivity contribution in [3.05, 3.63) is 59.7 Å². The molecule has 2 rings (SSSR count). The van der Waals surface area contributed by atoms with Crippen molar-refractivity contribution in [1.29, 1.82) is 0 Å².